The summed E-state index contributed by atoms with van der Waals surface area (Å²) in [6, 6.07) is 17.1. The van der Waals surface area contributed by atoms with Crippen molar-refractivity contribution in [2.75, 3.05) is 26.2 Å². The third kappa shape index (κ3) is 5.88. The second-order valence-corrected chi connectivity index (χ2v) is 7.24. The molecule has 1 aliphatic rings. The standard InChI is InChI=1S/C24H26N2O3/c1-19-7-10-21(11-8-19)22(27)12-14-24(29)26-17-15-25(16-18-26)23(28)13-9-20-5-3-2-4-6-20/h2-11,13H,12,14-18H2,1H3/b13-9+. The Bertz CT molecular complexity index is 880. The van der Waals surface area contributed by atoms with Crippen LogP contribution in [0.4, 0.5) is 0 Å². The Labute approximate surface area is 171 Å². The Morgan fingerprint density at radius 1 is 0.828 bits per heavy atom. The topological polar surface area (TPSA) is 57.7 Å². The van der Waals surface area contributed by atoms with Crippen LogP contribution in [0.15, 0.2) is 60.7 Å². The van der Waals surface area contributed by atoms with Gasteiger partial charge in [-0.05, 0) is 18.6 Å². The molecule has 0 spiro atoms. The summed E-state index contributed by atoms with van der Waals surface area (Å²) in [6.45, 7) is 4.00. The Hall–Kier alpha value is -3.21. The molecule has 0 saturated carbocycles. The van der Waals surface area contributed by atoms with Crippen LogP contribution in [0.3, 0.4) is 0 Å². The first-order valence-corrected chi connectivity index (χ1v) is 9.92. The van der Waals surface area contributed by atoms with Gasteiger partial charge in [0.2, 0.25) is 11.8 Å². The van der Waals surface area contributed by atoms with Gasteiger partial charge in [-0.25, -0.2) is 0 Å². The molecule has 29 heavy (non-hydrogen) atoms. The van der Waals surface area contributed by atoms with Crippen molar-refractivity contribution in [1.82, 2.24) is 9.80 Å². The summed E-state index contributed by atoms with van der Waals surface area (Å²) in [4.78, 5) is 40.5. The fourth-order valence-electron chi connectivity index (χ4n) is 3.28. The predicted molar refractivity (Wildman–Crippen MR) is 113 cm³/mol. The molecule has 0 aromatic heterocycles. The molecule has 0 bridgehead atoms. The summed E-state index contributed by atoms with van der Waals surface area (Å²) < 4.78 is 0. The smallest absolute Gasteiger partial charge is 0.246 e. The molecular formula is C24H26N2O3. The molecular weight excluding hydrogens is 364 g/mol. The van der Waals surface area contributed by atoms with E-state index in [4.69, 9.17) is 0 Å². The molecule has 2 aromatic rings. The van der Waals surface area contributed by atoms with Crippen molar-refractivity contribution in [3.63, 3.8) is 0 Å². The highest BCUT2D eigenvalue weighted by atomic mass is 16.2. The molecule has 5 heteroatoms. The molecule has 1 fully saturated rings. The Morgan fingerprint density at radius 2 is 1.45 bits per heavy atom. The van der Waals surface area contributed by atoms with E-state index in [1.54, 1.807) is 34.1 Å². The Morgan fingerprint density at radius 3 is 2.10 bits per heavy atom. The highest BCUT2D eigenvalue weighted by molar-refractivity contribution is 5.98. The van der Waals surface area contributed by atoms with Crippen molar-refractivity contribution < 1.29 is 14.4 Å². The van der Waals surface area contributed by atoms with Crippen LogP contribution in [0.25, 0.3) is 6.08 Å². The van der Waals surface area contributed by atoms with Crippen LogP contribution in [0.1, 0.15) is 34.3 Å². The molecule has 0 N–H and O–H groups in total. The van der Waals surface area contributed by atoms with Gasteiger partial charge in [0, 0.05) is 50.7 Å². The number of aryl methyl sites for hydroxylation is 1. The quantitative estimate of drug-likeness (QED) is 0.561. The maximum atomic E-state index is 12.4. The predicted octanol–water partition coefficient (Wildman–Crippen LogP) is 3.34. The van der Waals surface area contributed by atoms with Crippen LogP contribution in [-0.4, -0.2) is 53.6 Å². The molecule has 0 radical (unpaired) electrons. The Kier molecular flexibility index (Phi) is 6.95. The van der Waals surface area contributed by atoms with Gasteiger partial charge in [-0.2, -0.15) is 0 Å². The van der Waals surface area contributed by atoms with Crippen molar-refractivity contribution in [3.8, 4) is 0 Å². The minimum Gasteiger partial charge on any atom is -0.339 e. The summed E-state index contributed by atoms with van der Waals surface area (Å²) in [6.07, 6.45) is 3.79. The molecule has 5 nitrogen and oxygen atoms in total. The zero-order chi connectivity index (χ0) is 20.6. The zero-order valence-electron chi connectivity index (χ0n) is 16.7. The number of hydrogen-bond donors (Lipinski definition) is 0. The van der Waals surface area contributed by atoms with E-state index in [1.807, 2.05) is 49.4 Å². The van der Waals surface area contributed by atoms with Crippen LogP contribution in [0, 0.1) is 6.92 Å². The highest BCUT2D eigenvalue weighted by Crippen LogP contribution is 2.11. The van der Waals surface area contributed by atoms with Crippen LogP contribution < -0.4 is 0 Å². The van der Waals surface area contributed by atoms with Crippen molar-refractivity contribution in [1.29, 1.82) is 0 Å². The molecule has 0 aliphatic carbocycles. The average Bonchev–Trinajstić information content (AvgIpc) is 2.77. The maximum absolute atomic E-state index is 12.4. The third-order valence-electron chi connectivity index (χ3n) is 5.10. The first-order chi connectivity index (χ1) is 14.0. The van der Waals surface area contributed by atoms with Crippen molar-refractivity contribution in [2.45, 2.75) is 19.8 Å². The SMILES string of the molecule is Cc1ccc(C(=O)CCC(=O)N2CCN(C(=O)/C=C/c3ccccc3)CC2)cc1. The summed E-state index contributed by atoms with van der Waals surface area (Å²) >= 11 is 0. The number of hydrogen-bond acceptors (Lipinski definition) is 3. The summed E-state index contributed by atoms with van der Waals surface area (Å²) in [5.41, 5.74) is 2.72. The van der Waals surface area contributed by atoms with E-state index in [0.717, 1.165) is 11.1 Å². The minimum atomic E-state index is -0.0458. The van der Waals surface area contributed by atoms with E-state index in [0.29, 0.717) is 31.7 Å². The fourth-order valence-corrected chi connectivity index (χ4v) is 3.28. The number of carbonyl (C=O) groups is 3. The first-order valence-electron chi connectivity index (χ1n) is 9.92. The second kappa shape index (κ2) is 9.82. The number of piperazine rings is 1. The molecule has 1 aliphatic heterocycles. The number of carbonyl (C=O) groups excluding carboxylic acids is 3. The van der Waals surface area contributed by atoms with Crippen molar-refractivity contribution in [2.24, 2.45) is 0 Å². The second-order valence-electron chi connectivity index (χ2n) is 7.24. The van der Waals surface area contributed by atoms with E-state index < -0.39 is 0 Å². The highest BCUT2D eigenvalue weighted by Gasteiger charge is 2.23. The van der Waals surface area contributed by atoms with Gasteiger partial charge in [0.15, 0.2) is 5.78 Å². The number of amides is 2. The van der Waals surface area contributed by atoms with Gasteiger partial charge in [-0.3, -0.25) is 14.4 Å². The number of rotatable bonds is 6. The summed E-state index contributed by atoms with van der Waals surface area (Å²) in [7, 11) is 0. The maximum Gasteiger partial charge on any atom is 0.246 e. The molecule has 1 saturated heterocycles. The lowest BCUT2D eigenvalue weighted by atomic mass is 10.0. The van der Waals surface area contributed by atoms with Crippen molar-refractivity contribution in [3.05, 3.63) is 77.4 Å². The summed E-state index contributed by atoms with van der Waals surface area (Å²) in [5, 5.41) is 0. The Balaban J connectivity index is 1.43. The van der Waals surface area contributed by atoms with Gasteiger partial charge in [0.25, 0.3) is 0 Å². The van der Waals surface area contributed by atoms with E-state index in [-0.39, 0.29) is 30.4 Å². The van der Waals surface area contributed by atoms with Gasteiger partial charge in [0.1, 0.15) is 0 Å². The van der Waals surface area contributed by atoms with Gasteiger partial charge in [-0.15, -0.1) is 0 Å². The van der Waals surface area contributed by atoms with Crippen molar-refractivity contribution >= 4 is 23.7 Å². The lowest BCUT2D eigenvalue weighted by molar-refractivity contribution is -0.137. The van der Waals surface area contributed by atoms with Crippen LogP contribution in [0.2, 0.25) is 0 Å². The third-order valence-corrected chi connectivity index (χ3v) is 5.10. The van der Waals surface area contributed by atoms with E-state index in [1.165, 1.54) is 0 Å². The van der Waals surface area contributed by atoms with E-state index in [2.05, 4.69) is 0 Å². The monoisotopic (exact) mass is 390 g/mol. The number of ketones is 1. The molecule has 3 rings (SSSR count). The lowest BCUT2D eigenvalue weighted by Crippen LogP contribution is -2.50. The van der Waals surface area contributed by atoms with Gasteiger partial charge < -0.3 is 9.80 Å². The largest absolute Gasteiger partial charge is 0.339 e. The van der Waals surface area contributed by atoms with E-state index in [9.17, 15) is 14.4 Å². The van der Waals surface area contributed by atoms with E-state index >= 15 is 0 Å². The molecule has 2 aromatic carbocycles. The minimum absolute atomic E-state index is 0.0155. The fraction of sp³-hybridized carbons (Fsp3) is 0.292. The lowest BCUT2D eigenvalue weighted by Gasteiger charge is -2.34. The molecule has 1 heterocycles. The van der Waals surface area contributed by atoms with Gasteiger partial charge in [0.05, 0.1) is 0 Å². The van der Waals surface area contributed by atoms with Gasteiger partial charge >= 0.3 is 0 Å². The molecule has 0 atom stereocenters. The molecule has 150 valence electrons. The zero-order valence-corrected chi connectivity index (χ0v) is 16.7. The molecule has 0 unspecified atom stereocenters. The summed E-state index contributed by atoms with van der Waals surface area (Å²) in [5.74, 6) is -0.0916. The number of nitrogens with zero attached hydrogens (tertiary/aromatic N) is 2. The van der Waals surface area contributed by atoms with Crippen LogP contribution >= 0.6 is 0 Å². The number of Topliss-reactive ketones (excluding diaryl/α,β-unsaturated/α-hetero) is 1. The van der Waals surface area contributed by atoms with Crippen LogP contribution in [0.5, 0.6) is 0 Å². The first kappa shape index (κ1) is 20.5. The van der Waals surface area contributed by atoms with Gasteiger partial charge in [-0.1, -0.05) is 60.2 Å². The van der Waals surface area contributed by atoms with Crippen LogP contribution in [-0.2, 0) is 9.59 Å². The normalized spacial score (nSPS) is 14.2. The number of benzene rings is 2. The average molecular weight is 390 g/mol. The molecule has 2 amide bonds.